The second-order valence-electron chi connectivity index (χ2n) is 7.91. The summed E-state index contributed by atoms with van der Waals surface area (Å²) < 4.78 is 11.7. The van der Waals surface area contributed by atoms with Gasteiger partial charge in [-0.15, -0.1) is 0 Å². The van der Waals surface area contributed by atoms with Gasteiger partial charge in [-0.1, -0.05) is 63.1 Å². The Morgan fingerprint density at radius 2 is 1.00 bits per heavy atom. The van der Waals surface area contributed by atoms with Crippen LogP contribution in [0.25, 0.3) is 21.5 Å². The Bertz CT molecular complexity index is 1010. The molecule has 0 atom stereocenters. The van der Waals surface area contributed by atoms with Gasteiger partial charge in [0.1, 0.15) is 11.5 Å². The van der Waals surface area contributed by atoms with E-state index < -0.39 is 0 Å². The van der Waals surface area contributed by atoms with Crippen LogP contribution in [0.1, 0.15) is 38.8 Å². The minimum atomic E-state index is -0.296. The molecule has 0 aliphatic carbocycles. The molecule has 0 aromatic heterocycles. The highest BCUT2D eigenvalue weighted by atomic mass is 16.5. The highest BCUT2D eigenvalue weighted by Crippen LogP contribution is 2.44. The maximum atomic E-state index is 12.4. The first-order valence-electron chi connectivity index (χ1n) is 9.59. The van der Waals surface area contributed by atoms with E-state index in [1.165, 1.54) is 0 Å². The molecule has 4 nitrogen and oxygen atoms in total. The molecule has 0 saturated heterocycles. The van der Waals surface area contributed by atoms with Crippen molar-refractivity contribution in [2.24, 2.45) is 11.8 Å². The number of carbonyl (C=O) groups is 2. The molecule has 4 heteroatoms. The van der Waals surface area contributed by atoms with Crippen molar-refractivity contribution in [1.29, 1.82) is 0 Å². The second kappa shape index (κ2) is 7.63. The number of carbonyl (C=O) groups excluding carboxylic acids is 2. The Kier molecular flexibility index (Phi) is 5.41. The van der Waals surface area contributed by atoms with Gasteiger partial charge in [-0.2, -0.15) is 0 Å². The summed E-state index contributed by atoms with van der Waals surface area (Å²) in [6.07, 6.45) is 0. The fourth-order valence-electron chi connectivity index (χ4n) is 3.03. The topological polar surface area (TPSA) is 52.6 Å². The van der Waals surface area contributed by atoms with E-state index in [-0.39, 0.29) is 23.8 Å². The summed E-state index contributed by atoms with van der Waals surface area (Å²) >= 11 is 0. The molecule has 3 aromatic rings. The van der Waals surface area contributed by atoms with Gasteiger partial charge in [-0.25, -0.2) is 0 Å². The Hall–Kier alpha value is -2.88. The van der Waals surface area contributed by atoms with Crippen molar-refractivity contribution in [2.45, 2.75) is 41.5 Å². The van der Waals surface area contributed by atoms with E-state index >= 15 is 0 Å². The molecule has 0 aliphatic rings. The number of fused-ring (bicyclic) bond motifs is 2. The molecule has 0 spiro atoms. The number of benzene rings is 3. The van der Waals surface area contributed by atoms with Crippen LogP contribution in [-0.4, -0.2) is 11.9 Å². The van der Waals surface area contributed by atoms with Crippen molar-refractivity contribution in [3.63, 3.8) is 0 Å². The molecule has 3 aromatic carbocycles. The minimum Gasteiger partial charge on any atom is -0.425 e. The smallest absolute Gasteiger partial charge is 0.313 e. The average molecular weight is 378 g/mol. The molecule has 3 rings (SSSR count). The minimum absolute atomic E-state index is 0.251. The van der Waals surface area contributed by atoms with Gasteiger partial charge in [-0.05, 0) is 26.0 Å². The molecule has 146 valence electrons. The Balaban J connectivity index is 2.40. The number of ether oxygens (including phenoxy) is 2. The van der Waals surface area contributed by atoms with Gasteiger partial charge in [0, 0.05) is 21.5 Å². The van der Waals surface area contributed by atoms with Crippen molar-refractivity contribution in [3.8, 4) is 11.5 Å². The number of aryl methyl sites for hydroxylation is 2. The summed E-state index contributed by atoms with van der Waals surface area (Å²) in [5.41, 5.74) is 2.06. The zero-order valence-electron chi connectivity index (χ0n) is 17.3. The zero-order chi connectivity index (χ0) is 20.6. The third-order valence-corrected chi connectivity index (χ3v) is 4.68. The van der Waals surface area contributed by atoms with E-state index in [1.54, 1.807) is 13.8 Å². The summed E-state index contributed by atoms with van der Waals surface area (Å²) in [5, 5.41) is 3.03. The van der Waals surface area contributed by atoms with Gasteiger partial charge < -0.3 is 9.47 Å². The van der Waals surface area contributed by atoms with Crippen LogP contribution in [0.15, 0.2) is 36.4 Å². The third kappa shape index (κ3) is 3.72. The molecule has 28 heavy (non-hydrogen) atoms. The van der Waals surface area contributed by atoms with Crippen LogP contribution in [0.4, 0.5) is 0 Å². The standard InChI is InChI=1S/C24H26O4/c1-13(2)23(25)27-21-17-9-7-15(5)11-19(17)22(28-24(26)14(3)4)20-12-16(6)8-10-18(20)21/h7-14H,1-6H3. The summed E-state index contributed by atoms with van der Waals surface area (Å²) in [4.78, 5) is 24.8. The summed E-state index contributed by atoms with van der Waals surface area (Å²) in [5.74, 6) is -0.0701. The van der Waals surface area contributed by atoms with Gasteiger partial charge >= 0.3 is 11.9 Å². The second-order valence-corrected chi connectivity index (χ2v) is 7.91. The Morgan fingerprint density at radius 3 is 1.36 bits per heavy atom. The van der Waals surface area contributed by atoms with Crippen LogP contribution >= 0.6 is 0 Å². The van der Waals surface area contributed by atoms with Crippen molar-refractivity contribution in [2.75, 3.05) is 0 Å². The number of hydrogen-bond donors (Lipinski definition) is 0. The Morgan fingerprint density at radius 1 is 0.643 bits per heavy atom. The molecule has 0 fully saturated rings. The number of rotatable bonds is 4. The zero-order valence-corrected chi connectivity index (χ0v) is 17.3. The lowest BCUT2D eigenvalue weighted by Crippen LogP contribution is -2.17. The van der Waals surface area contributed by atoms with Crippen molar-refractivity contribution >= 4 is 33.5 Å². The molecular formula is C24H26O4. The molecule has 0 radical (unpaired) electrons. The van der Waals surface area contributed by atoms with Gasteiger partial charge in [0.2, 0.25) is 0 Å². The van der Waals surface area contributed by atoms with Crippen molar-refractivity contribution < 1.29 is 19.1 Å². The average Bonchev–Trinajstić information content (AvgIpc) is 2.63. The third-order valence-electron chi connectivity index (χ3n) is 4.68. The van der Waals surface area contributed by atoms with Crippen LogP contribution < -0.4 is 9.47 Å². The predicted molar refractivity (Wildman–Crippen MR) is 112 cm³/mol. The lowest BCUT2D eigenvalue weighted by atomic mass is 9.97. The van der Waals surface area contributed by atoms with Gasteiger partial charge in [0.25, 0.3) is 0 Å². The van der Waals surface area contributed by atoms with Crippen LogP contribution in [0.5, 0.6) is 11.5 Å². The maximum Gasteiger partial charge on any atom is 0.313 e. The Labute approximate surface area is 165 Å². The molecule has 0 unspecified atom stereocenters. The largest absolute Gasteiger partial charge is 0.425 e. The molecule has 0 N–H and O–H groups in total. The molecule has 0 bridgehead atoms. The fourth-order valence-corrected chi connectivity index (χ4v) is 3.03. The lowest BCUT2D eigenvalue weighted by Gasteiger charge is -2.18. The summed E-state index contributed by atoms with van der Waals surface area (Å²) in [6, 6.07) is 11.7. The predicted octanol–water partition coefficient (Wildman–Crippen LogP) is 5.73. The first-order valence-corrected chi connectivity index (χ1v) is 9.59. The van der Waals surface area contributed by atoms with E-state index in [4.69, 9.17) is 9.47 Å². The van der Waals surface area contributed by atoms with Crippen LogP contribution in [0.2, 0.25) is 0 Å². The van der Waals surface area contributed by atoms with Crippen molar-refractivity contribution in [1.82, 2.24) is 0 Å². The van der Waals surface area contributed by atoms with E-state index in [0.717, 1.165) is 32.7 Å². The van der Waals surface area contributed by atoms with Gasteiger partial charge in [-0.3, -0.25) is 9.59 Å². The van der Waals surface area contributed by atoms with Gasteiger partial charge in [0.05, 0.1) is 11.8 Å². The number of hydrogen-bond acceptors (Lipinski definition) is 4. The van der Waals surface area contributed by atoms with E-state index in [1.807, 2.05) is 64.1 Å². The molecule has 0 amide bonds. The van der Waals surface area contributed by atoms with E-state index in [2.05, 4.69) is 0 Å². The highest BCUT2D eigenvalue weighted by molar-refractivity contribution is 6.13. The first-order chi connectivity index (χ1) is 13.2. The summed E-state index contributed by atoms with van der Waals surface area (Å²) in [6.45, 7) is 11.2. The molecule has 0 aliphatic heterocycles. The van der Waals surface area contributed by atoms with Gasteiger partial charge in [0.15, 0.2) is 0 Å². The molecule has 0 heterocycles. The van der Waals surface area contributed by atoms with Crippen LogP contribution in [-0.2, 0) is 9.59 Å². The van der Waals surface area contributed by atoms with E-state index in [0.29, 0.717) is 11.5 Å². The van der Waals surface area contributed by atoms with E-state index in [9.17, 15) is 9.59 Å². The quantitative estimate of drug-likeness (QED) is 0.330. The normalized spacial score (nSPS) is 11.4. The lowest BCUT2D eigenvalue weighted by molar-refractivity contribution is -0.138. The highest BCUT2D eigenvalue weighted by Gasteiger charge is 2.22. The van der Waals surface area contributed by atoms with Crippen LogP contribution in [0.3, 0.4) is 0 Å². The fraction of sp³-hybridized carbons (Fsp3) is 0.333. The monoisotopic (exact) mass is 378 g/mol. The number of esters is 2. The summed E-state index contributed by atoms with van der Waals surface area (Å²) in [7, 11) is 0. The maximum absolute atomic E-state index is 12.4. The van der Waals surface area contributed by atoms with Crippen molar-refractivity contribution in [3.05, 3.63) is 47.5 Å². The SMILES string of the molecule is Cc1ccc2c(OC(=O)C(C)C)c3ccc(C)cc3c(OC(=O)C(C)C)c2c1. The molecule has 0 saturated carbocycles. The van der Waals surface area contributed by atoms with Crippen LogP contribution in [0, 0.1) is 25.7 Å². The first kappa shape index (κ1) is 19.9. The molecular weight excluding hydrogens is 352 g/mol.